The third-order valence-electron chi connectivity index (χ3n) is 6.23. The van der Waals surface area contributed by atoms with E-state index in [2.05, 4.69) is 5.32 Å². The SMILES string of the molecule is O=C(NCc1cc(Cl)c(F)cc1F)c1cn2c(c(O)c1=O)C(=O)N1C(C2)OC2CC[C@H]1C2. The molecule has 2 N–H and O–H groups in total. The summed E-state index contributed by atoms with van der Waals surface area (Å²) in [6.45, 7) is -0.210. The number of nitrogens with zero attached hydrogens (tertiary/aromatic N) is 2. The number of carbonyl (C=O) groups is 2. The third-order valence-corrected chi connectivity index (χ3v) is 6.52. The molecule has 2 unspecified atom stereocenters. The lowest BCUT2D eigenvalue weighted by Crippen LogP contribution is -2.57. The summed E-state index contributed by atoms with van der Waals surface area (Å²) in [4.78, 5) is 39.9. The lowest BCUT2D eigenvalue weighted by molar-refractivity contribution is -0.132. The highest BCUT2D eigenvalue weighted by molar-refractivity contribution is 6.30. The molecule has 3 heterocycles. The Balaban J connectivity index is 1.43. The van der Waals surface area contributed by atoms with E-state index in [4.69, 9.17) is 16.3 Å². The Hall–Kier alpha value is -2.98. The van der Waals surface area contributed by atoms with Gasteiger partial charge < -0.3 is 24.6 Å². The van der Waals surface area contributed by atoms with Crippen molar-refractivity contribution in [3.8, 4) is 5.75 Å². The van der Waals surface area contributed by atoms with Gasteiger partial charge in [-0.15, -0.1) is 0 Å². The van der Waals surface area contributed by atoms with E-state index in [0.717, 1.165) is 25.3 Å². The molecule has 8 nitrogen and oxygen atoms in total. The van der Waals surface area contributed by atoms with Gasteiger partial charge in [0.2, 0.25) is 5.43 Å². The molecule has 168 valence electrons. The van der Waals surface area contributed by atoms with Gasteiger partial charge in [-0.25, -0.2) is 8.78 Å². The van der Waals surface area contributed by atoms with Crippen LogP contribution in [0.25, 0.3) is 0 Å². The van der Waals surface area contributed by atoms with Gasteiger partial charge in [-0.05, 0) is 25.3 Å². The van der Waals surface area contributed by atoms with Crippen LogP contribution in [0.4, 0.5) is 8.78 Å². The minimum Gasteiger partial charge on any atom is -0.503 e. The summed E-state index contributed by atoms with van der Waals surface area (Å²) in [5.41, 5.74) is -1.70. The van der Waals surface area contributed by atoms with Crippen molar-refractivity contribution in [3.05, 3.63) is 62.0 Å². The summed E-state index contributed by atoms with van der Waals surface area (Å²) in [5.74, 6) is -4.07. The van der Waals surface area contributed by atoms with Gasteiger partial charge in [0.1, 0.15) is 17.2 Å². The normalized spacial score (nSPS) is 23.7. The highest BCUT2D eigenvalue weighted by Gasteiger charge is 2.47. The molecule has 1 saturated carbocycles. The third kappa shape index (κ3) is 3.25. The molecule has 2 bridgehead atoms. The summed E-state index contributed by atoms with van der Waals surface area (Å²) in [7, 11) is 0. The Bertz CT molecular complexity index is 1220. The minimum absolute atomic E-state index is 0.00472. The number of rotatable bonds is 3. The highest BCUT2D eigenvalue weighted by Crippen LogP contribution is 2.38. The van der Waals surface area contributed by atoms with Gasteiger partial charge >= 0.3 is 0 Å². The maximum absolute atomic E-state index is 13.9. The maximum Gasteiger partial charge on any atom is 0.276 e. The van der Waals surface area contributed by atoms with E-state index in [0.29, 0.717) is 6.07 Å². The number of carbonyl (C=O) groups excluding carboxylic acids is 2. The summed E-state index contributed by atoms with van der Waals surface area (Å²) in [6, 6.07) is 1.62. The van der Waals surface area contributed by atoms with Crippen LogP contribution >= 0.6 is 11.6 Å². The fourth-order valence-corrected chi connectivity index (χ4v) is 4.87. The van der Waals surface area contributed by atoms with Crippen molar-refractivity contribution >= 4 is 23.4 Å². The van der Waals surface area contributed by atoms with Gasteiger partial charge in [-0.3, -0.25) is 14.4 Å². The van der Waals surface area contributed by atoms with E-state index in [1.54, 1.807) is 4.90 Å². The molecule has 0 spiro atoms. The van der Waals surface area contributed by atoms with Crippen molar-refractivity contribution in [2.24, 2.45) is 0 Å². The van der Waals surface area contributed by atoms with Crippen molar-refractivity contribution in [2.75, 3.05) is 0 Å². The van der Waals surface area contributed by atoms with E-state index in [1.165, 1.54) is 10.8 Å². The van der Waals surface area contributed by atoms with E-state index in [9.17, 15) is 28.3 Å². The molecule has 3 atom stereocenters. The van der Waals surface area contributed by atoms with Crippen LogP contribution in [-0.4, -0.2) is 44.8 Å². The van der Waals surface area contributed by atoms with Crippen LogP contribution in [0.1, 0.15) is 45.7 Å². The van der Waals surface area contributed by atoms with Crippen molar-refractivity contribution in [1.29, 1.82) is 0 Å². The molecule has 5 rings (SSSR count). The standard InChI is InChI=1S/C21H18ClF2N3O5/c22-13-3-9(14(23)5-15(13)24)6-25-20(30)12-7-26-8-16-27(10-1-2-11(4-10)32-16)21(31)17(26)19(29)18(12)28/h3,5,7,10-11,16,29H,1-2,4,6,8H2,(H,25,30)/t10-,11?,16?/m0/s1. The zero-order valence-electron chi connectivity index (χ0n) is 16.6. The monoisotopic (exact) mass is 465 g/mol. The Labute approximate surface area is 185 Å². The zero-order chi connectivity index (χ0) is 22.7. The molecule has 1 aromatic heterocycles. The second-order valence-electron chi connectivity index (χ2n) is 8.15. The van der Waals surface area contributed by atoms with Crippen molar-refractivity contribution in [3.63, 3.8) is 0 Å². The molecular weight excluding hydrogens is 448 g/mol. The molecule has 0 radical (unpaired) electrons. The molecular formula is C21H18ClF2N3O5. The second kappa shape index (κ2) is 7.56. The smallest absolute Gasteiger partial charge is 0.276 e. The number of amides is 2. The van der Waals surface area contributed by atoms with Crippen LogP contribution in [0, 0.1) is 11.6 Å². The first-order valence-electron chi connectivity index (χ1n) is 10.1. The molecule has 2 amide bonds. The van der Waals surface area contributed by atoms with E-state index < -0.39 is 46.4 Å². The predicted octanol–water partition coefficient (Wildman–Crippen LogP) is 2.15. The lowest BCUT2D eigenvalue weighted by Gasteiger charge is -2.44. The number of aromatic nitrogens is 1. The molecule has 2 aliphatic heterocycles. The van der Waals surface area contributed by atoms with Crippen LogP contribution < -0.4 is 10.7 Å². The Kier molecular flexibility index (Phi) is 4.94. The van der Waals surface area contributed by atoms with Gasteiger partial charge in [0, 0.05) is 30.4 Å². The van der Waals surface area contributed by atoms with Gasteiger partial charge in [-0.2, -0.15) is 0 Å². The Morgan fingerprint density at radius 2 is 2.03 bits per heavy atom. The van der Waals surface area contributed by atoms with Crippen molar-refractivity contribution in [1.82, 2.24) is 14.8 Å². The first-order chi connectivity index (χ1) is 15.2. The number of nitrogens with one attached hydrogen (secondary N) is 1. The second-order valence-corrected chi connectivity index (χ2v) is 8.56. The van der Waals surface area contributed by atoms with E-state index in [-0.39, 0.29) is 41.5 Å². The number of fused-ring (bicyclic) bond motifs is 5. The topological polar surface area (TPSA) is 101 Å². The van der Waals surface area contributed by atoms with Gasteiger partial charge in [0.05, 0.1) is 17.7 Å². The summed E-state index contributed by atoms with van der Waals surface area (Å²) in [6.07, 6.45) is 3.05. The number of benzene rings is 1. The van der Waals surface area contributed by atoms with Crippen LogP contribution in [0.5, 0.6) is 5.75 Å². The average molecular weight is 466 g/mol. The van der Waals surface area contributed by atoms with E-state index >= 15 is 0 Å². The van der Waals surface area contributed by atoms with Crippen LogP contribution in [-0.2, 0) is 17.8 Å². The molecule has 1 saturated heterocycles. The van der Waals surface area contributed by atoms with Crippen LogP contribution in [0.15, 0.2) is 23.1 Å². The first kappa shape index (κ1) is 20.9. The Morgan fingerprint density at radius 1 is 1.25 bits per heavy atom. The number of halogens is 3. The number of hydrogen-bond donors (Lipinski definition) is 2. The molecule has 1 aromatic carbocycles. The lowest BCUT2D eigenvalue weighted by atomic mass is 10.1. The number of aromatic hydroxyl groups is 1. The zero-order valence-corrected chi connectivity index (χ0v) is 17.4. The summed E-state index contributed by atoms with van der Waals surface area (Å²) < 4.78 is 34.5. The molecule has 3 aliphatic rings. The number of ether oxygens (including phenoxy) is 1. The Morgan fingerprint density at radius 3 is 2.81 bits per heavy atom. The molecule has 2 aromatic rings. The largest absolute Gasteiger partial charge is 0.503 e. The first-order valence-corrected chi connectivity index (χ1v) is 10.5. The van der Waals surface area contributed by atoms with Gasteiger partial charge in [0.15, 0.2) is 17.7 Å². The van der Waals surface area contributed by atoms with Crippen LogP contribution in [0.3, 0.4) is 0 Å². The van der Waals surface area contributed by atoms with Gasteiger partial charge in [0.25, 0.3) is 11.8 Å². The molecule has 2 fully saturated rings. The summed E-state index contributed by atoms with van der Waals surface area (Å²) in [5, 5.41) is 12.5. The number of pyridine rings is 1. The number of hydrogen-bond acceptors (Lipinski definition) is 5. The molecule has 32 heavy (non-hydrogen) atoms. The predicted molar refractivity (Wildman–Crippen MR) is 107 cm³/mol. The van der Waals surface area contributed by atoms with Crippen molar-refractivity contribution < 1.29 is 28.2 Å². The average Bonchev–Trinajstić information content (AvgIpc) is 3.12. The highest BCUT2D eigenvalue weighted by atomic mass is 35.5. The quantitative estimate of drug-likeness (QED) is 0.676. The summed E-state index contributed by atoms with van der Waals surface area (Å²) >= 11 is 5.65. The molecule has 11 heteroatoms. The van der Waals surface area contributed by atoms with Crippen LogP contribution in [0.2, 0.25) is 5.02 Å². The van der Waals surface area contributed by atoms with Crippen molar-refractivity contribution in [2.45, 2.75) is 50.7 Å². The fraction of sp³-hybridized carbons (Fsp3) is 0.381. The molecule has 1 aliphatic carbocycles. The van der Waals surface area contributed by atoms with Gasteiger partial charge in [-0.1, -0.05) is 11.6 Å². The fourth-order valence-electron chi connectivity index (χ4n) is 4.68. The van der Waals surface area contributed by atoms with E-state index in [1.807, 2.05) is 0 Å². The minimum atomic E-state index is -1.01. The maximum atomic E-state index is 13.9.